The molecule has 2 aliphatic heterocycles. The standard InChI is InChI=1S/C23H19F4N3O4S/c1-22(2)20(32)29(13-4-3-12(9-28)15(7-13)23(25,26)27)21(35)30(22)14-5-6-18(16(24)8-14)34-19-11-33-10-17(19)31/h3-8,19-20,32H,10-11H2,1-2H3/t19-,20?/m1/s1. The highest BCUT2D eigenvalue weighted by molar-refractivity contribution is 7.80. The maximum Gasteiger partial charge on any atom is 0.417 e. The van der Waals surface area contributed by atoms with E-state index in [-0.39, 0.29) is 41.2 Å². The van der Waals surface area contributed by atoms with Crippen LogP contribution < -0.4 is 14.5 Å². The molecule has 2 fully saturated rings. The normalized spacial score (nSPS) is 22.0. The van der Waals surface area contributed by atoms with Gasteiger partial charge in [0.2, 0.25) is 5.78 Å². The largest absolute Gasteiger partial charge is 0.477 e. The summed E-state index contributed by atoms with van der Waals surface area (Å²) in [7, 11) is 0. The number of nitriles is 1. The molecule has 0 spiro atoms. The molecule has 35 heavy (non-hydrogen) atoms. The first-order valence-corrected chi connectivity index (χ1v) is 10.8. The summed E-state index contributed by atoms with van der Waals surface area (Å²) >= 11 is 5.49. The number of thiocarbonyl (C=S) groups is 1. The van der Waals surface area contributed by atoms with Crippen LogP contribution >= 0.6 is 12.2 Å². The first-order valence-electron chi connectivity index (χ1n) is 10.4. The van der Waals surface area contributed by atoms with Crippen LogP contribution in [-0.2, 0) is 15.7 Å². The predicted molar refractivity (Wildman–Crippen MR) is 120 cm³/mol. The fourth-order valence-corrected chi connectivity index (χ4v) is 4.57. The van der Waals surface area contributed by atoms with Crippen molar-refractivity contribution in [1.29, 1.82) is 5.26 Å². The molecule has 2 aliphatic rings. The monoisotopic (exact) mass is 509 g/mol. The van der Waals surface area contributed by atoms with Gasteiger partial charge in [0.25, 0.3) is 0 Å². The Kier molecular flexibility index (Phi) is 6.21. The molecule has 0 aliphatic carbocycles. The molecular formula is C23H19F4N3O4S. The highest BCUT2D eigenvalue weighted by Crippen LogP contribution is 2.42. The highest BCUT2D eigenvalue weighted by atomic mass is 32.1. The zero-order valence-electron chi connectivity index (χ0n) is 18.5. The minimum atomic E-state index is -4.80. The Morgan fingerprint density at radius 3 is 2.49 bits per heavy atom. The van der Waals surface area contributed by atoms with Gasteiger partial charge < -0.3 is 19.5 Å². The lowest BCUT2D eigenvalue weighted by atomic mass is 10.0. The molecule has 2 heterocycles. The van der Waals surface area contributed by atoms with Crippen molar-refractivity contribution in [2.24, 2.45) is 0 Å². The van der Waals surface area contributed by atoms with E-state index in [0.717, 1.165) is 23.1 Å². The molecule has 2 aromatic carbocycles. The summed E-state index contributed by atoms with van der Waals surface area (Å²) in [6.07, 6.45) is -7.12. The number of Topliss-reactive ketones (excluding diaryl/α,β-unsaturated/α-hetero) is 1. The Morgan fingerprint density at radius 2 is 1.91 bits per heavy atom. The van der Waals surface area contributed by atoms with Gasteiger partial charge in [0.15, 0.2) is 29.0 Å². The Labute approximate surface area is 203 Å². The zero-order valence-corrected chi connectivity index (χ0v) is 19.3. The van der Waals surface area contributed by atoms with Crippen molar-refractivity contribution >= 4 is 34.5 Å². The van der Waals surface area contributed by atoms with E-state index < -0.39 is 41.0 Å². The fourth-order valence-electron chi connectivity index (χ4n) is 4.03. The molecular weight excluding hydrogens is 490 g/mol. The van der Waals surface area contributed by atoms with Gasteiger partial charge in [-0.25, -0.2) is 4.39 Å². The molecule has 0 saturated carbocycles. The van der Waals surface area contributed by atoms with Crippen LogP contribution in [0.3, 0.4) is 0 Å². The second-order valence-corrected chi connectivity index (χ2v) is 8.92. The van der Waals surface area contributed by atoms with Gasteiger partial charge >= 0.3 is 6.18 Å². The van der Waals surface area contributed by atoms with E-state index in [0.29, 0.717) is 0 Å². The lowest BCUT2D eigenvalue weighted by Crippen LogP contribution is -2.47. The van der Waals surface area contributed by atoms with Gasteiger partial charge in [-0.3, -0.25) is 9.69 Å². The first kappa shape index (κ1) is 24.8. The lowest BCUT2D eigenvalue weighted by molar-refractivity contribution is -0.137. The molecule has 2 atom stereocenters. The molecule has 0 amide bonds. The molecule has 0 aromatic heterocycles. The molecule has 0 radical (unpaired) electrons. The van der Waals surface area contributed by atoms with Crippen LogP contribution in [0.2, 0.25) is 0 Å². The van der Waals surface area contributed by atoms with E-state index in [2.05, 4.69) is 0 Å². The molecule has 0 bridgehead atoms. The fraction of sp³-hybridized carbons (Fsp3) is 0.348. The van der Waals surface area contributed by atoms with Gasteiger partial charge in [-0.1, -0.05) is 0 Å². The van der Waals surface area contributed by atoms with Crippen molar-refractivity contribution in [2.75, 3.05) is 23.0 Å². The Morgan fingerprint density at radius 1 is 1.23 bits per heavy atom. The average Bonchev–Trinajstić information content (AvgIpc) is 3.26. The molecule has 12 heteroatoms. The van der Waals surface area contributed by atoms with Crippen molar-refractivity contribution < 1.29 is 36.9 Å². The van der Waals surface area contributed by atoms with Gasteiger partial charge in [-0.15, -0.1) is 0 Å². The average molecular weight is 509 g/mol. The summed E-state index contributed by atoms with van der Waals surface area (Å²) in [5.74, 6) is -1.29. The summed E-state index contributed by atoms with van der Waals surface area (Å²) in [5.41, 5.74) is -2.79. The number of hydrogen-bond donors (Lipinski definition) is 1. The number of rotatable bonds is 4. The first-order chi connectivity index (χ1) is 16.4. The van der Waals surface area contributed by atoms with Crippen LogP contribution in [0.25, 0.3) is 0 Å². The van der Waals surface area contributed by atoms with Crippen molar-refractivity contribution in [3.05, 3.63) is 53.3 Å². The molecule has 184 valence electrons. The van der Waals surface area contributed by atoms with Crippen LogP contribution in [0.4, 0.5) is 28.9 Å². The number of anilines is 2. The zero-order chi connectivity index (χ0) is 25.7. The number of ether oxygens (including phenoxy) is 2. The molecule has 2 aromatic rings. The summed E-state index contributed by atoms with van der Waals surface area (Å²) < 4.78 is 65.7. The van der Waals surface area contributed by atoms with E-state index in [9.17, 15) is 27.5 Å². The van der Waals surface area contributed by atoms with Gasteiger partial charge in [0.05, 0.1) is 29.3 Å². The van der Waals surface area contributed by atoms with Gasteiger partial charge in [0.1, 0.15) is 6.61 Å². The third kappa shape index (κ3) is 4.31. The summed E-state index contributed by atoms with van der Waals surface area (Å²) in [6.45, 7) is 3.08. The molecule has 7 nitrogen and oxygen atoms in total. The predicted octanol–water partition coefficient (Wildman–Crippen LogP) is 3.77. The Hall–Kier alpha value is -3.27. The highest BCUT2D eigenvalue weighted by Gasteiger charge is 2.50. The van der Waals surface area contributed by atoms with Crippen LogP contribution in [-0.4, -0.2) is 47.1 Å². The van der Waals surface area contributed by atoms with Crippen molar-refractivity contribution in [3.8, 4) is 11.8 Å². The van der Waals surface area contributed by atoms with E-state index >= 15 is 0 Å². The van der Waals surface area contributed by atoms with E-state index in [1.807, 2.05) is 0 Å². The number of benzene rings is 2. The number of ketones is 1. The minimum Gasteiger partial charge on any atom is -0.477 e. The number of hydrogen-bond acceptors (Lipinski definition) is 6. The van der Waals surface area contributed by atoms with E-state index in [1.165, 1.54) is 29.2 Å². The number of alkyl halides is 3. The number of carbonyl (C=O) groups excluding carboxylic acids is 1. The van der Waals surface area contributed by atoms with Crippen molar-refractivity contribution in [3.63, 3.8) is 0 Å². The second kappa shape index (κ2) is 8.75. The summed E-state index contributed by atoms with van der Waals surface area (Å²) in [5, 5.41) is 20.0. The number of nitrogens with zero attached hydrogens (tertiary/aromatic N) is 3. The number of halogens is 4. The van der Waals surface area contributed by atoms with Crippen LogP contribution in [0.1, 0.15) is 25.0 Å². The van der Waals surface area contributed by atoms with Gasteiger partial charge in [-0.05, 0) is 56.4 Å². The van der Waals surface area contributed by atoms with Crippen molar-refractivity contribution in [1.82, 2.24) is 0 Å². The Balaban J connectivity index is 1.68. The quantitative estimate of drug-likeness (QED) is 0.493. The summed E-state index contributed by atoms with van der Waals surface area (Å²) in [4.78, 5) is 14.2. The van der Waals surface area contributed by atoms with Crippen LogP contribution in [0, 0.1) is 17.1 Å². The maximum absolute atomic E-state index is 14.9. The van der Waals surface area contributed by atoms with Gasteiger partial charge in [-0.2, -0.15) is 18.4 Å². The van der Waals surface area contributed by atoms with Crippen molar-refractivity contribution in [2.45, 2.75) is 37.9 Å². The molecule has 4 rings (SSSR count). The third-order valence-corrected chi connectivity index (χ3v) is 6.25. The molecule has 1 unspecified atom stereocenters. The third-order valence-electron chi connectivity index (χ3n) is 5.87. The maximum atomic E-state index is 14.9. The number of aliphatic hydroxyl groups excluding tert-OH is 1. The second-order valence-electron chi connectivity index (χ2n) is 8.56. The lowest BCUT2D eigenvalue weighted by Gasteiger charge is -2.33. The summed E-state index contributed by atoms with van der Waals surface area (Å²) in [6, 6.07) is 8.36. The van der Waals surface area contributed by atoms with Gasteiger partial charge in [0, 0.05) is 17.4 Å². The number of carbonyl (C=O) groups is 1. The smallest absolute Gasteiger partial charge is 0.417 e. The van der Waals surface area contributed by atoms with Crippen LogP contribution in [0.15, 0.2) is 36.4 Å². The molecule has 1 N–H and O–H groups in total. The minimum absolute atomic E-state index is 0.00885. The van der Waals surface area contributed by atoms with Crippen LogP contribution in [0.5, 0.6) is 5.75 Å². The number of aliphatic hydroxyl groups is 1. The van der Waals surface area contributed by atoms with E-state index in [1.54, 1.807) is 13.8 Å². The SMILES string of the molecule is CC1(C)C(O)N(c2ccc(C#N)c(C(F)(F)F)c2)C(=S)N1c1ccc(O[C@@H]2COCC2=O)c(F)c1. The molecule has 2 saturated heterocycles. The Bertz CT molecular complexity index is 1240. The topological polar surface area (TPSA) is 86.0 Å². The van der Waals surface area contributed by atoms with E-state index in [4.69, 9.17) is 27.0 Å².